The molecule has 2 unspecified atom stereocenters. The summed E-state index contributed by atoms with van der Waals surface area (Å²) in [6.45, 7) is 2.16. The molecule has 1 aliphatic rings. The summed E-state index contributed by atoms with van der Waals surface area (Å²) in [5.41, 5.74) is 2.83. The van der Waals surface area contributed by atoms with Crippen LogP contribution in [-0.2, 0) is 16.8 Å². The van der Waals surface area contributed by atoms with Gasteiger partial charge in [0.25, 0.3) is 0 Å². The highest BCUT2D eigenvalue weighted by Crippen LogP contribution is 2.44. The molecule has 0 spiro atoms. The van der Waals surface area contributed by atoms with E-state index in [1.54, 1.807) is 0 Å². The Labute approximate surface area is 166 Å². The first-order chi connectivity index (χ1) is 13.8. The van der Waals surface area contributed by atoms with Gasteiger partial charge >= 0.3 is 0 Å². The van der Waals surface area contributed by atoms with E-state index >= 15 is 0 Å². The Morgan fingerprint density at radius 3 is 2.18 bits per heavy atom. The molecule has 1 amide bonds. The molecule has 3 aromatic rings. The topological polar surface area (TPSA) is 41.1 Å². The molecule has 0 saturated carbocycles. The van der Waals surface area contributed by atoms with Crippen LogP contribution in [0.4, 0.5) is 0 Å². The number of hydrogen-bond donors (Lipinski definition) is 2. The van der Waals surface area contributed by atoms with Crippen molar-refractivity contribution in [3.05, 3.63) is 108 Å². The van der Waals surface area contributed by atoms with Gasteiger partial charge in [-0.25, -0.2) is 0 Å². The van der Waals surface area contributed by atoms with Crippen molar-refractivity contribution in [1.29, 1.82) is 0 Å². The third-order valence-electron chi connectivity index (χ3n) is 5.83. The number of hydrogen-bond acceptors (Lipinski definition) is 2. The summed E-state index contributed by atoms with van der Waals surface area (Å²) in [4.78, 5) is 13.7. The highest BCUT2D eigenvalue weighted by molar-refractivity contribution is 5.90. The monoisotopic (exact) mass is 370 g/mol. The van der Waals surface area contributed by atoms with Crippen molar-refractivity contribution in [2.24, 2.45) is 0 Å². The average molecular weight is 370 g/mol. The maximum Gasteiger partial charge on any atom is 0.231 e. The normalized spacial score (nSPS) is 21.8. The zero-order valence-electron chi connectivity index (χ0n) is 16.0. The first kappa shape index (κ1) is 18.5. The summed E-state index contributed by atoms with van der Waals surface area (Å²) in [7, 11) is 0. The highest BCUT2D eigenvalue weighted by atomic mass is 16.2. The van der Waals surface area contributed by atoms with Crippen molar-refractivity contribution < 1.29 is 4.79 Å². The van der Waals surface area contributed by atoms with Crippen LogP contribution >= 0.6 is 0 Å². The van der Waals surface area contributed by atoms with Crippen LogP contribution in [0, 0.1) is 0 Å². The Morgan fingerprint density at radius 2 is 1.50 bits per heavy atom. The van der Waals surface area contributed by atoms with E-state index in [2.05, 4.69) is 47.0 Å². The standard InChI is InChI=1S/C25H26N2O/c28-24(27-18-20-10-4-1-5-11-20)25(22-14-8-3-9-15-22)16-17-26-19-23(25)21-12-6-2-7-13-21/h1-15,23,26H,16-19H2,(H,27,28). The van der Waals surface area contributed by atoms with Crippen LogP contribution in [-0.4, -0.2) is 19.0 Å². The summed E-state index contributed by atoms with van der Waals surface area (Å²) in [5.74, 6) is 0.193. The third-order valence-corrected chi connectivity index (χ3v) is 5.83. The Balaban J connectivity index is 1.72. The maximum absolute atomic E-state index is 13.7. The second kappa shape index (κ2) is 8.41. The summed E-state index contributed by atoms with van der Waals surface area (Å²) in [6, 6.07) is 30.8. The van der Waals surface area contributed by atoms with E-state index in [9.17, 15) is 4.79 Å². The van der Waals surface area contributed by atoms with Crippen LogP contribution in [0.15, 0.2) is 91.0 Å². The molecule has 2 atom stereocenters. The molecule has 28 heavy (non-hydrogen) atoms. The summed E-state index contributed by atoms with van der Waals surface area (Å²) in [6.07, 6.45) is 0.775. The lowest BCUT2D eigenvalue weighted by molar-refractivity contribution is -0.128. The van der Waals surface area contributed by atoms with Gasteiger partial charge in [-0.05, 0) is 29.7 Å². The second-order valence-corrected chi connectivity index (χ2v) is 7.42. The molecule has 2 N–H and O–H groups in total. The van der Waals surface area contributed by atoms with E-state index in [1.165, 1.54) is 5.56 Å². The number of nitrogens with one attached hydrogen (secondary N) is 2. The minimum absolute atomic E-state index is 0.0839. The molecule has 4 rings (SSSR count). The first-order valence-electron chi connectivity index (χ1n) is 9.94. The van der Waals surface area contributed by atoms with Crippen LogP contribution in [0.2, 0.25) is 0 Å². The lowest BCUT2D eigenvalue weighted by Crippen LogP contribution is -2.55. The molecule has 0 radical (unpaired) electrons. The molecular formula is C25H26N2O. The third kappa shape index (κ3) is 3.58. The number of amides is 1. The molecule has 1 saturated heterocycles. The minimum atomic E-state index is -0.581. The highest BCUT2D eigenvalue weighted by Gasteiger charge is 2.48. The van der Waals surface area contributed by atoms with Gasteiger partial charge in [0.15, 0.2) is 0 Å². The number of benzene rings is 3. The molecule has 3 aromatic carbocycles. The van der Waals surface area contributed by atoms with Gasteiger partial charge in [0, 0.05) is 19.0 Å². The molecule has 0 bridgehead atoms. The van der Waals surface area contributed by atoms with Crippen molar-refractivity contribution >= 4 is 5.91 Å². The average Bonchev–Trinajstić information content (AvgIpc) is 2.79. The van der Waals surface area contributed by atoms with Gasteiger partial charge in [0.2, 0.25) is 5.91 Å². The Kier molecular flexibility index (Phi) is 5.54. The number of rotatable bonds is 5. The quantitative estimate of drug-likeness (QED) is 0.712. The zero-order valence-corrected chi connectivity index (χ0v) is 16.0. The number of piperidine rings is 1. The molecule has 0 aliphatic carbocycles. The molecule has 3 heteroatoms. The van der Waals surface area contributed by atoms with E-state index in [0.717, 1.165) is 30.6 Å². The van der Waals surface area contributed by atoms with E-state index in [-0.39, 0.29) is 11.8 Å². The lowest BCUT2D eigenvalue weighted by Gasteiger charge is -2.44. The van der Waals surface area contributed by atoms with Gasteiger partial charge in [-0.15, -0.1) is 0 Å². The van der Waals surface area contributed by atoms with Gasteiger partial charge < -0.3 is 10.6 Å². The summed E-state index contributed by atoms with van der Waals surface area (Å²) >= 11 is 0. The van der Waals surface area contributed by atoms with Gasteiger partial charge in [0.1, 0.15) is 0 Å². The van der Waals surface area contributed by atoms with Gasteiger partial charge in [-0.2, -0.15) is 0 Å². The molecule has 142 valence electrons. The van der Waals surface area contributed by atoms with E-state index in [4.69, 9.17) is 0 Å². The summed E-state index contributed by atoms with van der Waals surface area (Å²) < 4.78 is 0. The van der Waals surface area contributed by atoms with Gasteiger partial charge in [-0.1, -0.05) is 91.0 Å². The molecule has 1 aliphatic heterocycles. The number of carbonyl (C=O) groups excluding carboxylic acids is 1. The van der Waals surface area contributed by atoms with Crippen LogP contribution in [0.25, 0.3) is 0 Å². The van der Waals surface area contributed by atoms with E-state index in [0.29, 0.717) is 6.54 Å². The van der Waals surface area contributed by atoms with E-state index < -0.39 is 5.41 Å². The Bertz CT molecular complexity index is 896. The van der Waals surface area contributed by atoms with Crippen LogP contribution in [0.1, 0.15) is 29.0 Å². The Morgan fingerprint density at radius 1 is 0.893 bits per heavy atom. The molecule has 1 fully saturated rings. The fourth-order valence-electron chi connectivity index (χ4n) is 4.39. The lowest BCUT2D eigenvalue weighted by atomic mass is 9.63. The minimum Gasteiger partial charge on any atom is -0.351 e. The fourth-order valence-corrected chi connectivity index (χ4v) is 4.39. The smallest absolute Gasteiger partial charge is 0.231 e. The SMILES string of the molecule is O=C(NCc1ccccc1)C1(c2ccccc2)CCNCC1c1ccccc1. The van der Waals surface area contributed by atoms with Crippen molar-refractivity contribution in [3.63, 3.8) is 0 Å². The predicted octanol–water partition coefficient (Wildman–Crippen LogP) is 4.02. The molecule has 1 heterocycles. The van der Waals surface area contributed by atoms with Crippen molar-refractivity contribution in [1.82, 2.24) is 10.6 Å². The van der Waals surface area contributed by atoms with Crippen molar-refractivity contribution in [3.8, 4) is 0 Å². The van der Waals surface area contributed by atoms with Gasteiger partial charge in [0.05, 0.1) is 5.41 Å². The van der Waals surface area contributed by atoms with Crippen LogP contribution < -0.4 is 10.6 Å². The molecule has 0 aromatic heterocycles. The predicted molar refractivity (Wildman–Crippen MR) is 113 cm³/mol. The van der Waals surface area contributed by atoms with Crippen LogP contribution in [0.5, 0.6) is 0 Å². The first-order valence-corrected chi connectivity index (χ1v) is 9.94. The number of carbonyl (C=O) groups is 1. The zero-order chi connectivity index (χ0) is 19.2. The second-order valence-electron chi connectivity index (χ2n) is 7.42. The fraction of sp³-hybridized carbons (Fsp3) is 0.240. The largest absolute Gasteiger partial charge is 0.351 e. The molecular weight excluding hydrogens is 344 g/mol. The molecule has 3 nitrogen and oxygen atoms in total. The maximum atomic E-state index is 13.7. The van der Waals surface area contributed by atoms with Crippen molar-refractivity contribution in [2.45, 2.75) is 24.3 Å². The van der Waals surface area contributed by atoms with Gasteiger partial charge in [-0.3, -0.25) is 4.79 Å². The Hall–Kier alpha value is -2.91. The summed E-state index contributed by atoms with van der Waals surface area (Å²) in [5, 5.41) is 6.75. The van der Waals surface area contributed by atoms with E-state index in [1.807, 2.05) is 54.6 Å². The van der Waals surface area contributed by atoms with Crippen LogP contribution in [0.3, 0.4) is 0 Å². The van der Waals surface area contributed by atoms with Crippen molar-refractivity contribution in [2.75, 3.05) is 13.1 Å².